The summed E-state index contributed by atoms with van der Waals surface area (Å²) in [6.45, 7) is 0.500. The number of nitrogen functional groups attached to an aromatic ring is 1. The van der Waals surface area contributed by atoms with E-state index in [1.54, 1.807) is 18.6 Å². The number of rotatable bonds is 6. The maximum atomic E-state index is 5.89. The van der Waals surface area contributed by atoms with Crippen LogP contribution in [-0.4, -0.2) is 15.1 Å². The molecule has 4 aromatic rings. The van der Waals surface area contributed by atoms with E-state index in [2.05, 4.69) is 27.3 Å². The zero-order valence-electron chi connectivity index (χ0n) is 14.6. The molecule has 6 nitrogen and oxygen atoms in total. The van der Waals surface area contributed by atoms with Crippen molar-refractivity contribution in [2.45, 2.75) is 13.0 Å². The third-order valence-corrected chi connectivity index (χ3v) is 4.11. The fourth-order valence-electron chi connectivity index (χ4n) is 2.71. The van der Waals surface area contributed by atoms with Crippen molar-refractivity contribution in [2.24, 2.45) is 0 Å². The molecule has 4 rings (SSSR count). The molecule has 0 amide bonds. The summed E-state index contributed by atoms with van der Waals surface area (Å²) in [6, 6.07) is 17.5. The Morgan fingerprint density at radius 1 is 0.963 bits per heavy atom. The van der Waals surface area contributed by atoms with Gasteiger partial charge in [-0.05, 0) is 35.4 Å². The highest BCUT2D eigenvalue weighted by molar-refractivity contribution is 5.69. The Kier molecular flexibility index (Phi) is 4.78. The van der Waals surface area contributed by atoms with Gasteiger partial charge >= 0.3 is 0 Å². The first kappa shape index (κ1) is 16.8. The van der Waals surface area contributed by atoms with Crippen LogP contribution in [0.15, 0.2) is 77.7 Å². The molecule has 0 unspecified atom stereocenters. The van der Waals surface area contributed by atoms with Crippen LogP contribution in [0.5, 0.6) is 5.75 Å². The predicted molar refractivity (Wildman–Crippen MR) is 102 cm³/mol. The van der Waals surface area contributed by atoms with Crippen LogP contribution in [0.2, 0.25) is 0 Å². The Labute approximate surface area is 156 Å². The lowest BCUT2D eigenvalue weighted by atomic mass is 10.1. The van der Waals surface area contributed by atoms with Gasteiger partial charge < -0.3 is 15.0 Å². The van der Waals surface area contributed by atoms with Crippen molar-refractivity contribution >= 4 is 5.82 Å². The minimum atomic E-state index is 0.429. The van der Waals surface area contributed by atoms with E-state index >= 15 is 0 Å². The number of benzene rings is 1. The summed E-state index contributed by atoms with van der Waals surface area (Å²) >= 11 is 0. The zero-order chi connectivity index (χ0) is 18.5. The maximum absolute atomic E-state index is 5.89. The molecule has 0 saturated heterocycles. The van der Waals surface area contributed by atoms with Crippen molar-refractivity contribution in [3.8, 4) is 17.1 Å². The van der Waals surface area contributed by atoms with E-state index in [-0.39, 0.29) is 0 Å². The van der Waals surface area contributed by atoms with E-state index in [1.807, 2.05) is 42.5 Å². The number of nitrogens with two attached hydrogens (primary N) is 1. The SMILES string of the molecule is Nc1ncccc1-c1cc(Cc2ccc(COc3cccnc3)cc2)no1. The molecule has 0 fully saturated rings. The van der Waals surface area contributed by atoms with Gasteiger partial charge in [0.25, 0.3) is 0 Å². The van der Waals surface area contributed by atoms with E-state index in [1.165, 1.54) is 0 Å². The lowest BCUT2D eigenvalue weighted by Gasteiger charge is -2.06. The van der Waals surface area contributed by atoms with Crippen molar-refractivity contribution in [2.75, 3.05) is 5.73 Å². The molecule has 3 aromatic heterocycles. The van der Waals surface area contributed by atoms with Gasteiger partial charge in [-0.1, -0.05) is 29.4 Å². The summed E-state index contributed by atoms with van der Waals surface area (Å²) in [6.07, 6.45) is 5.74. The van der Waals surface area contributed by atoms with Crippen molar-refractivity contribution in [1.29, 1.82) is 0 Å². The Hall–Kier alpha value is -3.67. The van der Waals surface area contributed by atoms with Crippen LogP contribution in [0.25, 0.3) is 11.3 Å². The molecule has 6 heteroatoms. The highest BCUT2D eigenvalue weighted by Crippen LogP contribution is 2.25. The van der Waals surface area contributed by atoms with E-state index in [0.29, 0.717) is 24.6 Å². The molecule has 0 aliphatic carbocycles. The minimum absolute atomic E-state index is 0.429. The number of nitrogens with zero attached hydrogens (tertiary/aromatic N) is 3. The highest BCUT2D eigenvalue weighted by Gasteiger charge is 2.10. The average Bonchev–Trinajstić information content (AvgIpc) is 3.17. The Balaban J connectivity index is 1.39. The molecule has 1 aromatic carbocycles. The molecule has 0 aliphatic heterocycles. The zero-order valence-corrected chi connectivity index (χ0v) is 14.6. The fraction of sp³-hybridized carbons (Fsp3) is 0.0952. The number of hydrogen-bond donors (Lipinski definition) is 1. The second-order valence-corrected chi connectivity index (χ2v) is 6.09. The topological polar surface area (TPSA) is 87.1 Å². The van der Waals surface area contributed by atoms with Gasteiger partial charge in [0.05, 0.1) is 17.5 Å². The minimum Gasteiger partial charge on any atom is -0.487 e. The summed E-state index contributed by atoms with van der Waals surface area (Å²) < 4.78 is 11.1. The van der Waals surface area contributed by atoms with Crippen LogP contribution < -0.4 is 10.5 Å². The molecule has 0 spiro atoms. The van der Waals surface area contributed by atoms with Gasteiger partial charge in [0.15, 0.2) is 5.76 Å². The van der Waals surface area contributed by atoms with Crippen molar-refractivity contribution in [1.82, 2.24) is 15.1 Å². The largest absolute Gasteiger partial charge is 0.487 e. The highest BCUT2D eigenvalue weighted by atomic mass is 16.5. The van der Waals surface area contributed by atoms with E-state index in [4.69, 9.17) is 15.0 Å². The van der Waals surface area contributed by atoms with Crippen LogP contribution in [0, 0.1) is 0 Å². The maximum Gasteiger partial charge on any atom is 0.170 e. The van der Waals surface area contributed by atoms with Gasteiger partial charge in [-0.2, -0.15) is 0 Å². The van der Waals surface area contributed by atoms with E-state index in [9.17, 15) is 0 Å². The second-order valence-electron chi connectivity index (χ2n) is 6.09. The number of anilines is 1. The lowest BCUT2D eigenvalue weighted by molar-refractivity contribution is 0.305. The third-order valence-electron chi connectivity index (χ3n) is 4.11. The van der Waals surface area contributed by atoms with Gasteiger partial charge in [0.1, 0.15) is 18.2 Å². The van der Waals surface area contributed by atoms with Gasteiger partial charge in [-0.3, -0.25) is 4.98 Å². The molecule has 2 N–H and O–H groups in total. The summed E-state index contributed by atoms with van der Waals surface area (Å²) in [5.74, 6) is 1.81. The molecule has 0 atom stereocenters. The predicted octanol–water partition coefficient (Wildman–Crippen LogP) is 3.88. The molecular formula is C21H18N4O2. The van der Waals surface area contributed by atoms with Gasteiger partial charge in [0.2, 0.25) is 0 Å². The first-order chi connectivity index (χ1) is 13.3. The van der Waals surface area contributed by atoms with Crippen molar-refractivity contribution in [3.05, 3.63) is 90.0 Å². The summed E-state index contributed by atoms with van der Waals surface area (Å²) in [4.78, 5) is 8.11. The quantitative estimate of drug-likeness (QED) is 0.563. The molecule has 27 heavy (non-hydrogen) atoms. The summed E-state index contributed by atoms with van der Waals surface area (Å²) in [5.41, 5.74) is 9.70. The first-order valence-electron chi connectivity index (χ1n) is 8.55. The summed E-state index contributed by atoms with van der Waals surface area (Å²) in [7, 11) is 0. The Morgan fingerprint density at radius 3 is 2.56 bits per heavy atom. The molecule has 0 aliphatic rings. The van der Waals surface area contributed by atoms with Gasteiger partial charge in [-0.15, -0.1) is 0 Å². The van der Waals surface area contributed by atoms with Crippen molar-refractivity contribution in [3.63, 3.8) is 0 Å². The molecule has 3 heterocycles. The molecule has 0 saturated carbocycles. The molecule has 134 valence electrons. The average molecular weight is 358 g/mol. The fourth-order valence-corrected chi connectivity index (χ4v) is 2.71. The van der Waals surface area contributed by atoms with Crippen molar-refractivity contribution < 1.29 is 9.26 Å². The van der Waals surface area contributed by atoms with E-state index in [0.717, 1.165) is 28.1 Å². The number of aromatic nitrogens is 3. The molecule has 0 radical (unpaired) electrons. The van der Waals surface area contributed by atoms with Crippen LogP contribution in [0.4, 0.5) is 5.82 Å². The second kappa shape index (κ2) is 7.70. The smallest absolute Gasteiger partial charge is 0.170 e. The molecule has 0 bridgehead atoms. The van der Waals surface area contributed by atoms with Crippen LogP contribution in [-0.2, 0) is 13.0 Å². The van der Waals surface area contributed by atoms with Crippen LogP contribution in [0.3, 0.4) is 0 Å². The number of ether oxygens (including phenoxy) is 1. The monoisotopic (exact) mass is 358 g/mol. The number of hydrogen-bond acceptors (Lipinski definition) is 6. The Bertz CT molecular complexity index is 1010. The molecular weight excluding hydrogens is 340 g/mol. The first-order valence-corrected chi connectivity index (χ1v) is 8.55. The summed E-state index contributed by atoms with van der Waals surface area (Å²) in [5, 5.41) is 4.14. The third kappa shape index (κ3) is 4.12. The number of pyridine rings is 2. The van der Waals surface area contributed by atoms with Gasteiger partial charge in [-0.25, -0.2) is 4.98 Å². The normalized spacial score (nSPS) is 10.7. The Morgan fingerprint density at radius 2 is 1.78 bits per heavy atom. The van der Waals surface area contributed by atoms with Crippen LogP contribution >= 0.6 is 0 Å². The standard InChI is InChI=1S/C21H18N4O2/c22-21-19(4-2-10-24-21)20-12-17(25-27-20)11-15-5-7-16(8-6-15)14-26-18-3-1-9-23-13-18/h1-10,12-13H,11,14H2,(H2,22,24). The van der Waals surface area contributed by atoms with Crippen LogP contribution in [0.1, 0.15) is 16.8 Å². The van der Waals surface area contributed by atoms with E-state index < -0.39 is 0 Å². The lowest BCUT2D eigenvalue weighted by Crippen LogP contribution is -1.96. The van der Waals surface area contributed by atoms with Gasteiger partial charge in [0, 0.05) is 24.9 Å².